The van der Waals surface area contributed by atoms with E-state index in [1.807, 2.05) is 18.2 Å². The smallest absolute Gasteiger partial charge is 0.318 e. The van der Waals surface area contributed by atoms with Crippen molar-refractivity contribution in [1.29, 1.82) is 0 Å². The largest absolute Gasteiger partial charge is 0.326 e. The Morgan fingerprint density at radius 1 is 1.00 bits per heavy atom. The molecule has 0 bridgehead atoms. The Bertz CT molecular complexity index is 807. The van der Waals surface area contributed by atoms with Gasteiger partial charge in [-0.05, 0) is 24.6 Å². The van der Waals surface area contributed by atoms with Crippen molar-refractivity contribution in [2.45, 2.75) is 19.5 Å². The second kappa shape index (κ2) is 9.32. The summed E-state index contributed by atoms with van der Waals surface area (Å²) in [4.78, 5) is 28.7. The molecule has 0 spiro atoms. The number of para-hydroxylation sites is 1. The number of hydrogen-bond donors (Lipinski definition) is 2. The fraction of sp³-hybridized carbons (Fsp3) is 0.333. The third-order valence-corrected chi connectivity index (χ3v) is 4.77. The topological polar surface area (TPSA) is 64.7 Å². The Hall–Kier alpha value is -2.93. The molecule has 7 heteroatoms. The molecule has 1 atom stereocenters. The average Bonchev–Trinajstić information content (AvgIpc) is 2.71. The molecule has 3 amide bonds. The molecule has 148 valence electrons. The van der Waals surface area contributed by atoms with Crippen LogP contribution in [0.25, 0.3) is 0 Å². The maximum absolute atomic E-state index is 13.6. The van der Waals surface area contributed by atoms with Gasteiger partial charge in [0.15, 0.2) is 0 Å². The van der Waals surface area contributed by atoms with E-state index < -0.39 is 17.8 Å². The second-order valence-corrected chi connectivity index (χ2v) is 6.89. The van der Waals surface area contributed by atoms with Crippen LogP contribution in [0.15, 0.2) is 54.6 Å². The number of benzene rings is 2. The van der Waals surface area contributed by atoms with Crippen LogP contribution in [0.1, 0.15) is 12.5 Å². The molecule has 1 aliphatic rings. The average molecular weight is 384 g/mol. The Morgan fingerprint density at radius 2 is 1.64 bits per heavy atom. The summed E-state index contributed by atoms with van der Waals surface area (Å²) < 4.78 is 13.6. The first-order valence-electron chi connectivity index (χ1n) is 9.40. The van der Waals surface area contributed by atoms with Crippen LogP contribution in [0, 0.1) is 5.82 Å². The molecule has 6 nitrogen and oxygen atoms in total. The lowest BCUT2D eigenvalue weighted by Crippen LogP contribution is -2.54. The predicted molar refractivity (Wildman–Crippen MR) is 106 cm³/mol. The third-order valence-electron chi connectivity index (χ3n) is 4.77. The van der Waals surface area contributed by atoms with Crippen molar-refractivity contribution >= 4 is 17.6 Å². The van der Waals surface area contributed by atoms with Crippen molar-refractivity contribution in [3.63, 3.8) is 0 Å². The minimum Gasteiger partial charge on any atom is -0.326 e. The highest BCUT2D eigenvalue weighted by atomic mass is 19.1. The second-order valence-electron chi connectivity index (χ2n) is 6.89. The number of hydrogen-bond acceptors (Lipinski definition) is 3. The Balaban J connectivity index is 1.44. The fourth-order valence-corrected chi connectivity index (χ4v) is 3.10. The number of piperazine rings is 1. The summed E-state index contributed by atoms with van der Waals surface area (Å²) in [5, 5.41) is 5.18. The van der Waals surface area contributed by atoms with E-state index in [-0.39, 0.29) is 11.7 Å². The van der Waals surface area contributed by atoms with Crippen LogP contribution in [0.4, 0.5) is 14.9 Å². The minimum atomic E-state index is -0.769. The summed E-state index contributed by atoms with van der Waals surface area (Å²) in [6.07, 6.45) is 0. The molecular weight excluding hydrogens is 359 g/mol. The summed E-state index contributed by atoms with van der Waals surface area (Å²) in [6.45, 7) is 5.19. The van der Waals surface area contributed by atoms with Crippen LogP contribution in [-0.2, 0) is 11.3 Å². The van der Waals surface area contributed by atoms with Crippen LogP contribution >= 0.6 is 0 Å². The van der Waals surface area contributed by atoms with Crippen LogP contribution in [-0.4, -0.2) is 54.0 Å². The van der Waals surface area contributed by atoms with E-state index in [0.29, 0.717) is 13.1 Å². The molecule has 28 heavy (non-hydrogen) atoms. The van der Waals surface area contributed by atoms with Gasteiger partial charge in [0, 0.05) is 32.7 Å². The molecule has 0 aromatic heterocycles. The number of halogens is 1. The summed E-state index contributed by atoms with van der Waals surface area (Å²) in [7, 11) is 0. The van der Waals surface area contributed by atoms with Crippen LogP contribution < -0.4 is 10.6 Å². The number of nitrogens with zero attached hydrogens (tertiary/aromatic N) is 2. The van der Waals surface area contributed by atoms with E-state index in [9.17, 15) is 14.0 Å². The van der Waals surface area contributed by atoms with Crippen molar-refractivity contribution in [1.82, 2.24) is 15.1 Å². The Labute approximate surface area is 164 Å². The van der Waals surface area contributed by atoms with E-state index in [2.05, 4.69) is 27.7 Å². The third kappa shape index (κ3) is 5.29. The lowest BCUT2D eigenvalue weighted by molar-refractivity contribution is -0.117. The van der Waals surface area contributed by atoms with Gasteiger partial charge < -0.3 is 15.5 Å². The fourth-order valence-electron chi connectivity index (χ4n) is 3.10. The zero-order valence-electron chi connectivity index (χ0n) is 15.9. The van der Waals surface area contributed by atoms with Gasteiger partial charge in [-0.2, -0.15) is 0 Å². The molecule has 2 aromatic rings. The lowest BCUT2D eigenvalue weighted by atomic mass is 10.2. The van der Waals surface area contributed by atoms with Gasteiger partial charge in [-0.1, -0.05) is 42.5 Å². The van der Waals surface area contributed by atoms with Crippen molar-refractivity contribution < 1.29 is 14.0 Å². The number of anilines is 1. The van der Waals surface area contributed by atoms with Crippen molar-refractivity contribution in [2.24, 2.45) is 0 Å². The SMILES string of the molecule is C[C@H](NC(=O)N1CCN(Cc2ccccc2)CC1)C(=O)Nc1ccccc1F. The number of amides is 3. The van der Waals surface area contributed by atoms with Crippen molar-refractivity contribution in [3.05, 3.63) is 66.0 Å². The molecule has 3 rings (SSSR count). The van der Waals surface area contributed by atoms with Gasteiger partial charge in [-0.15, -0.1) is 0 Å². The minimum absolute atomic E-state index is 0.100. The van der Waals surface area contributed by atoms with E-state index >= 15 is 0 Å². The quantitative estimate of drug-likeness (QED) is 0.833. The highest BCUT2D eigenvalue weighted by Crippen LogP contribution is 2.13. The highest BCUT2D eigenvalue weighted by molar-refractivity contribution is 5.96. The van der Waals surface area contributed by atoms with Crippen LogP contribution in [0.2, 0.25) is 0 Å². The van der Waals surface area contributed by atoms with E-state index in [4.69, 9.17) is 0 Å². The first kappa shape index (κ1) is 19.8. The molecule has 0 unspecified atom stereocenters. The van der Waals surface area contributed by atoms with Gasteiger partial charge in [-0.25, -0.2) is 9.18 Å². The zero-order chi connectivity index (χ0) is 19.9. The summed E-state index contributed by atoms with van der Waals surface area (Å²) in [5.74, 6) is -0.968. The number of carbonyl (C=O) groups excluding carboxylic acids is 2. The van der Waals surface area contributed by atoms with Crippen LogP contribution in [0.3, 0.4) is 0 Å². The van der Waals surface area contributed by atoms with Gasteiger partial charge in [0.05, 0.1) is 5.69 Å². The summed E-state index contributed by atoms with van der Waals surface area (Å²) in [5.41, 5.74) is 1.35. The molecule has 0 aliphatic carbocycles. The molecule has 1 saturated heterocycles. The first-order chi connectivity index (χ1) is 13.5. The number of carbonyl (C=O) groups is 2. The molecule has 1 fully saturated rings. The maximum atomic E-state index is 13.6. The molecular formula is C21H25FN4O2. The molecule has 2 N–H and O–H groups in total. The number of urea groups is 1. The number of nitrogens with one attached hydrogen (secondary N) is 2. The maximum Gasteiger partial charge on any atom is 0.318 e. The van der Waals surface area contributed by atoms with E-state index in [1.165, 1.54) is 17.7 Å². The number of rotatable bonds is 5. The van der Waals surface area contributed by atoms with Gasteiger partial charge >= 0.3 is 6.03 Å². The standard InChI is InChI=1S/C21H25FN4O2/c1-16(20(27)24-19-10-6-5-9-18(19)22)23-21(28)26-13-11-25(12-14-26)15-17-7-3-2-4-8-17/h2-10,16H,11-15H2,1H3,(H,23,28)(H,24,27)/t16-/m0/s1. The van der Waals surface area contributed by atoms with Gasteiger partial charge in [0.2, 0.25) is 5.91 Å². The predicted octanol–water partition coefficient (Wildman–Crippen LogP) is 2.68. The van der Waals surface area contributed by atoms with Crippen molar-refractivity contribution in [2.75, 3.05) is 31.5 Å². The summed E-state index contributed by atoms with van der Waals surface area (Å²) >= 11 is 0. The molecule has 2 aromatic carbocycles. The van der Waals surface area contributed by atoms with Gasteiger partial charge in [0.25, 0.3) is 0 Å². The normalized spacial score (nSPS) is 15.7. The highest BCUT2D eigenvalue weighted by Gasteiger charge is 2.24. The Kier molecular flexibility index (Phi) is 6.60. The zero-order valence-corrected chi connectivity index (χ0v) is 15.9. The van der Waals surface area contributed by atoms with E-state index in [0.717, 1.165) is 19.6 Å². The molecule has 1 heterocycles. The molecule has 0 saturated carbocycles. The van der Waals surface area contributed by atoms with Crippen LogP contribution in [0.5, 0.6) is 0 Å². The van der Waals surface area contributed by atoms with Gasteiger partial charge in [-0.3, -0.25) is 9.69 Å². The monoisotopic (exact) mass is 384 g/mol. The molecule has 0 radical (unpaired) electrons. The van der Waals surface area contributed by atoms with E-state index in [1.54, 1.807) is 24.0 Å². The summed E-state index contributed by atoms with van der Waals surface area (Å²) in [6, 6.07) is 15.1. The lowest BCUT2D eigenvalue weighted by Gasteiger charge is -2.35. The van der Waals surface area contributed by atoms with Gasteiger partial charge in [0.1, 0.15) is 11.9 Å². The first-order valence-corrected chi connectivity index (χ1v) is 9.40. The molecule has 1 aliphatic heterocycles. The van der Waals surface area contributed by atoms with Crippen molar-refractivity contribution in [3.8, 4) is 0 Å². The Morgan fingerprint density at radius 3 is 2.32 bits per heavy atom.